The number of benzene rings is 1. The number of rotatable bonds is 5. The fourth-order valence-corrected chi connectivity index (χ4v) is 2.06. The molecule has 0 atom stereocenters. The summed E-state index contributed by atoms with van der Waals surface area (Å²) < 4.78 is 0. The van der Waals surface area contributed by atoms with E-state index in [0.29, 0.717) is 10.0 Å². The van der Waals surface area contributed by atoms with Gasteiger partial charge in [-0.25, -0.2) is 0 Å². The molecule has 0 amide bonds. The lowest BCUT2D eigenvalue weighted by molar-refractivity contribution is 0.993. The van der Waals surface area contributed by atoms with Crippen molar-refractivity contribution in [2.45, 2.75) is 6.42 Å². The van der Waals surface area contributed by atoms with Crippen molar-refractivity contribution in [2.75, 3.05) is 23.9 Å². The van der Waals surface area contributed by atoms with Crippen LogP contribution in [0.15, 0.2) is 18.2 Å². The van der Waals surface area contributed by atoms with Gasteiger partial charge in [-0.05, 0) is 30.6 Å². The van der Waals surface area contributed by atoms with E-state index in [2.05, 4.69) is 11.6 Å². The van der Waals surface area contributed by atoms with Gasteiger partial charge in [-0.2, -0.15) is 11.8 Å². The van der Waals surface area contributed by atoms with Crippen molar-refractivity contribution in [3.05, 3.63) is 28.2 Å². The molecule has 1 N–H and O–H groups in total. The lowest BCUT2D eigenvalue weighted by Crippen LogP contribution is -2.03. The van der Waals surface area contributed by atoms with Gasteiger partial charge in [0.05, 0.1) is 15.7 Å². The third kappa shape index (κ3) is 3.60. The predicted molar refractivity (Wildman–Crippen MR) is 68.0 cm³/mol. The third-order valence-corrected chi connectivity index (χ3v) is 3.12. The number of thioether (sulfide) groups is 1. The summed E-state index contributed by atoms with van der Waals surface area (Å²) in [5.74, 6) is 1.15. The van der Waals surface area contributed by atoms with E-state index in [1.807, 2.05) is 30.0 Å². The second kappa shape index (κ2) is 6.44. The van der Waals surface area contributed by atoms with Crippen LogP contribution in [0.5, 0.6) is 0 Å². The molecule has 1 rings (SSSR count). The molecule has 0 spiro atoms. The van der Waals surface area contributed by atoms with E-state index in [1.54, 1.807) is 0 Å². The van der Waals surface area contributed by atoms with Crippen molar-refractivity contribution in [3.8, 4) is 0 Å². The number of halogens is 2. The molecule has 0 heterocycles. The van der Waals surface area contributed by atoms with Crippen molar-refractivity contribution < 1.29 is 0 Å². The van der Waals surface area contributed by atoms with Gasteiger partial charge in [0.2, 0.25) is 0 Å². The highest BCUT2D eigenvalue weighted by atomic mass is 35.5. The smallest absolute Gasteiger partial charge is 0.0718 e. The number of hydrogen-bond donors (Lipinski definition) is 1. The second-order valence-corrected chi connectivity index (χ2v) is 4.67. The zero-order chi connectivity index (χ0) is 10.4. The Morgan fingerprint density at radius 3 is 2.50 bits per heavy atom. The summed E-state index contributed by atoms with van der Waals surface area (Å²) in [5.41, 5.74) is 0.844. The van der Waals surface area contributed by atoms with Gasteiger partial charge in [-0.15, -0.1) is 0 Å². The molecule has 0 saturated carbocycles. The Bertz CT molecular complexity index is 271. The first-order valence-corrected chi connectivity index (χ1v) is 6.57. The van der Waals surface area contributed by atoms with Crippen LogP contribution in [0.25, 0.3) is 0 Å². The summed E-state index contributed by atoms with van der Waals surface area (Å²) in [6.07, 6.45) is 3.21. The molecule has 0 aliphatic rings. The van der Waals surface area contributed by atoms with Crippen molar-refractivity contribution >= 4 is 40.7 Å². The molecule has 0 fully saturated rings. The highest BCUT2D eigenvalue weighted by Gasteiger charge is 2.03. The maximum absolute atomic E-state index is 5.99. The second-order valence-electron chi connectivity index (χ2n) is 2.87. The van der Waals surface area contributed by atoms with E-state index < -0.39 is 0 Å². The Hall–Kier alpha value is -0.0500. The average Bonchev–Trinajstić information content (AvgIpc) is 2.16. The zero-order valence-electron chi connectivity index (χ0n) is 8.02. The quantitative estimate of drug-likeness (QED) is 0.787. The van der Waals surface area contributed by atoms with Crippen LogP contribution in [-0.2, 0) is 0 Å². The molecule has 1 aromatic rings. The van der Waals surface area contributed by atoms with Gasteiger partial charge in [0.15, 0.2) is 0 Å². The average molecular weight is 250 g/mol. The Morgan fingerprint density at radius 2 is 1.93 bits per heavy atom. The van der Waals surface area contributed by atoms with Gasteiger partial charge >= 0.3 is 0 Å². The summed E-state index contributed by atoms with van der Waals surface area (Å²) in [6, 6.07) is 5.52. The third-order valence-electron chi connectivity index (χ3n) is 1.79. The molecule has 0 aromatic heterocycles. The number of para-hydroxylation sites is 1. The maximum atomic E-state index is 5.99. The molecule has 0 radical (unpaired) electrons. The van der Waals surface area contributed by atoms with E-state index in [9.17, 15) is 0 Å². The van der Waals surface area contributed by atoms with Crippen molar-refractivity contribution in [2.24, 2.45) is 0 Å². The highest BCUT2D eigenvalue weighted by molar-refractivity contribution is 7.98. The Balaban J connectivity index is 2.49. The molecule has 0 bridgehead atoms. The summed E-state index contributed by atoms with van der Waals surface area (Å²) in [4.78, 5) is 0. The molecule has 14 heavy (non-hydrogen) atoms. The molecule has 0 aliphatic heterocycles. The first-order chi connectivity index (χ1) is 6.75. The van der Waals surface area contributed by atoms with Gasteiger partial charge < -0.3 is 5.32 Å². The fraction of sp³-hybridized carbons (Fsp3) is 0.400. The van der Waals surface area contributed by atoms with Crippen LogP contribution in [0, 0.1) is 0 Å². The molecular formula is C10H13Cl2NS. The summed E-state index contributed by atoms with van der Waals surface area (Å²) in [6.45, 7) is 0.907. The lowest BCUT2D eigenvalue weighted by Gasteiger charge is -2.09. The fourth-order valence-electron chi connectivity index (χ4n) is 1.10. The van der Waals surface area contributed by atoms with E-state index in [-0.39, 0.29) is 0 Å². The van der Waals surface area contributed by atoms with Gasteiger partial charge in [0, 0.05) is 6.54 Å². The molecule has 0 unspecified atom stereocenters. The minimum absolute atomic E-state index is 0.682. The molecule has 1 aromatic carbocycles. The van der Waals surface area contributed by atoms with Crippen LogP contribution >= 0.6 is 35.0 Å². The monoisotopic (exact) mass is 249 g/mol. The van der Waals surface area contributed by atoms with Crippen LogP contribution in [0.1, 0.15) is 6.42 Å². The zero-order valence-corrected chi connectivity index (χ0v) is 10.3. The van der Waals surface area contributed by atoms with E-state index in [1.165, 1.54) is 0 Å². The molecule has 78 valence electrons. The van der Waals surface area contributed by atoms with Crippen LogP contribution in [0.3, 0.4) is 0 Å². The van der Waals surface area contributed by atoms with Crippen LogP contribution < -0.4 is 5.32 Å². The molecule has 1 nitrogen and oxygen atoms in total. The lowest BCUT2D eigenvalue weighted by atomic mass is 10.3. The normalized spacial score (nSPS) is 10.2. The van der Waals surface area contributed by atoms with Crippen molar-refractivity contribution in [1.82, 2.24) is 0 Å². The topological polar surface area (TPSA) is 12.0 Å². The van der Waals surface area contributed by atoms with Gasteiger partial charge in [-0.1, -0.05) is 29.3 Å². The van der Waals surface area contributed by atoms with Crippen LogP contribution in [0.4, 0.5) is 5.69 Å². The van der Waals surface area contributed by atoms with Crippen molar-refractivity contribution in [3.63, 3.8) is 0 Å². The Labute approximate surface area is 99.2 Å². The van der Waals surface area contributed by atoms with Crippen molar-refractivity contribution in [1.29, 1.82) is 0 Å². The first kappa shape index (κ1) is 12.0. The van der Waals surface area contributed by atoms with Crippen LogP contribution in [0.2, 0.25) is 10.0 Å². The first-order valence-electron chi connectivity index (χ1n) is 4.42. The molecular weight excluding hydrogens is 237 g/mol. The molecule has 4 heteroatoms. The SMILES string of the molecule is CSCCCNc1c(Cl)cccc1Cl. The summed E-state index contributed by atoms with van der Waals surface area (Å²) in [5, 5.41) is 4.60. The minimum Gasteiger partial charge on any atom is -0.383 e. The standard InChI is InChI=1S/C10H13Cl2NS/c1-14-7-3-6-13-10-8(11)4-2-5-9(10)12/h2,4-5,13H,3,6-7H2,1H3. The largest absolute Gasteiger partial charge is 0.383 e. The van der Waals surface area contributed by atoms with Gasteiger partial charge in [0.1, 0.15) is 0 Å². The van der Waals surface area contributed by atoms with Crippen LogP contribution in [-0.4, -0.2) is 18.6 Å². The summed E-state index contributed by atoms with van der Waals surface area (Å²) >= 11 is 13.8. The Morgan fingerprint density at radius 1 is 1.29 bits per heavy atom. The minimum atomic E-state index is 0.682. The van der Waals surface area contributed by atoms with Gasteiger partial charge in [0.25, 0.3) is 0 Å². The van der Waals surface area contributed by atoms with E-state index in [0.717, 1.165) is 24.4 Å². The number of hydrogen-bond acceptors (Lipinski definition) is 2. The number of nitrogens with one attached hydrogen (secondary N) is 1. The number of anilines is 1. The van der Waals surface area contributed by atoms with Gasteiger partial charge in [-0.3, -0.25) is 0 Å². The van der Waals surface area contributed by atoms with E-state index in [4.69, 9.17) is 23.2 Å². The molecule has 0 aliphatic carbocycles. The highest BCUT2D eigenvalue weighted by Crippen LogP contribution is 2.29. The predicted octanol–water partition coefficient (Wildman–Crippen LogP) is 4.16. The van der Waals surface area contributed by atoms with E-state index >= 15 is 0 Å². The molecule has 0 saturated heterocycles. The summed E-state index contributed by atoms with van der Waals surface area (Å²) in [7, 11) is 0. The maximum Gasteiger partial charge on any atom is 0.0718 e. The Kier molecular flexibility index (Phi) is 5.53.